The van der Waals surface area contributed by atoms with E-state index in [0.717, 1.165) is 72.7 Å². The molecule has 0 atom stereocenters. The van der Waals surface area contributed by atoms with Crippen molar-refractivity contribution in [3.8, 4) is 85.1 Å². The third-order valence-electron chi connectivity index (χ3n) is 11.4. The van der Waals surface area contributed by atoms with Gasteiger partial charge >= 0.3 is 0 Å². The molecule has 0 saturated carbocycles. The lowest BCUT2D eigenvalue weighted by atomic mass is 9.66. The van der Waals surface area contributed by atoms with Gasteiger partial charge in [-0.15, -0.1) is 0 Å². The van der Waals surface area contributed by atoms with E-state index in [4.69, 9.17) is 19.7 Å². The van der Waals surface area contributed by atoms with Gasteiger partial charge in [0.1, 0.15) is 11.5 Å². The van der Waals surface area contributed by atoms with Crippen molar-refractivity contribution in [2.45, 2.75) is 5.41 Å². The largest absolute Gasteiger partial charge is 0.457 e. The molecule has 2 aliphatic rings. The first-order valence-corrected chi connectivity index (χ1v) is 19.3. The second-order valence-corrected chi connectivity index (χ2v) is 14.6. The Hall–Kier alpha value is -7.94. The van der Waals surface area contributed by atoms with Gasteiger partial charge in [0.25, 0.3) is 0 Å². The van der Waals surface area contributed by atoms with E-state index in [0.29, 0.717) is 23.0 Å². The van der Waals surface area contributed by atoms with Crippen LogP contribution in [0.2, 0.25) is 0 Å². The van der Waals surface area contributed by atoms with Gasteiger partial charge in [0.15, 0.2) is 17.5 Å². The van der Waals surface area contributed by atoms with Crippen LogP contribution < -0.4 is 4.74 Å². The number of nitrogens with zero attached hydrogens (tertiary/aromatic N) is 4. The Balaban J connectivity index is 1.18. The van der Waals surface area contributed by atoms with Gasteiger partial charge in [0, 0.05) is 27.8 Å². The molecule has 0 unspecified atom stereocenters. The average Bonchev–Trinajstić information content (AvgIpc) is 3.60. The topological polar surface area (TPSA) is 71.7 Å². The van der Waals surface area contributed by atoms with E-state index in [9.17, 15) is 5.26 Å². The number of aromatic nitrogens is 3. The van der Waals surface area contributed by atoms with E-state index >= 15 is 0 Å². The summed E-state index contributed by atoms with van der Waals surface area (Å²) >= 11 is 0. The van der Waals surface area contributed by atoms with Crippen LogP contribution in [-0.2, 0) is 5.41 Å². The number of hydrogen-bond donors (Lipinski definition) is 0. The van der Waals surface area contributed by atoms with E-state index in [1.54, 1.807) is 0 Å². The monoisotopic (exact) mass is 740 g/mol. The standard InChI is InChI=1S/C53H32N4O/c54-33-34-15-11-20-37(31-34)40-23-13-27-44-48(40)49-41(24-14-28-45(49)53(44)42-25-7-9-29-46(42)58-47-30-10-8-26-43(47)53)38-21-12-22-39(32-38)52-56-50(35-16-3-1-4-17-35)55-51(57-52)36-18-5-2-6-19-36/h1-32H. The van der Waals surface area contributed by atoms with Crippen LogP contribution in [0.15, 0.2) is 194 Å². The van der Waals surface area contributed by atoms with E-state index < -0.39 is 5.41 Å². The molecule has 0 bridgehead atoms. The Morgan fingerprint density at radius 3 is 1.34 bits per heavy atom. The third kappa shape index (κ3) is 5.13. The van der Waals surface area contributed by atoms with Crippen LogP contribution in [0.4, 0.5) is 0 Å². The van der Waals surface area contributed by atoms with E-state index in [-0.39, 0.29) is 0 Å². The Morgan fingerprint density at radius 1 is 0.379 bits per heavy atom. The van der Waals surface area contributed by atoms with Crippen molar-refractivity contribution in [3.63, 3.8) is 0 Å². The predicted molar refractivity (Wildman–Crippen MR) is 229 cm³/mol. The van der Waals surface area contributed by atoms with Crippen LogP contribution in [0.1, 0.15) is 27.8 Å². The Labute approximate surface area is 336 Å². The second kappa shape index (κ2) is 13.4. The number of ether oxygens (including phenoxy) is 1. The number of nitriles is 1. The van der Waals surface area contributed by atoms with Crippen molar-refractivity contribution in [1.82, 2.24) is 15.0 Å². The van der Waals surface area contributed by atoms with Crippen molar-refractivity contribution in [1.29, 1.82) is 5.26 Å². The minimum absolute atomic E-state index is 0.597. The number of para-hydroxylation sites is 2. The van der Waals surface area contributed by atoms with Gasteiger partial charge in [-0.05, 0) is 74.8 Å². The zero-order chi connectivity index (χ0) is 38.6. The van der Waals surface area contributed by atoms with Crippen LogP contribution in [0.3, 0.4) is 0 Å². The maximum atomic E-state index is 9.98. The Morgan fingerprint density at radius 2 is 0.793 bits per heavy atom. The minimum atomic E-state index is -0.671. The van der Waals surface area contributed by atoms with Crippen molar-refractivity contribution >= 4 is 0 Å². The Bertz CT molecular complexity index is 3010. The summed E-state index contributed by atoms with van der Waals surface area (Å²) in [6.07, 6.45) is 0. The first kappa shape index (κ1) is 33.4. The molecule has 1 spiro atoms. The van der Waals surface area contributed by atoms with E-state index in [2.05, 4.69) is 109 Å². The molecular weight excluding hydrogens is 709 g/mol. The van der Waals surface area contributed by atoms with Crippen molar-refractivity contribution in [3.05, 3.63) is 222 Å². The molecule has 2 heterocycles. The summed E-state index contributed by atoms with van der Waals surface area (Å²) in [6.45, 7) is 0. The lowest BCUT2D eigenvalue weighted by Crippen LogP contribution is -2.32. The highest BCUT2D eigenvalue weighted by atomic mass is 16.5. The molecule has 11 rings (SSSR count). The zero-order valence-corrected chi connectivity index (χ0v) is 31.2. The SMILES string of the molecule is N#Cc1cccc(-c2cccc3c2-c2c(-c4cccc(-c5nc(-c6ccccc6)nc(-c6ccccc6)n5)c4)cccc2C32c3ccccc3Oc3ccccc32)c1. The van der Waals surface area contributed by atoms with Crippen molar-refractivity contribution in [2.75, 3.05) is 0 Å². The molecule has 0 radical (unpaired) electrons. The molecule has 5 heteroatoms. The molecule has 9 aromatic rings. The molecule has 58 heavy (non-hydrogen) atoms. The van der Waals surface area contributed by atoms with Gasteiger partial charge in [0.2, 0.25) is 0 Å². The van der Waals surface area contributed by atoms with Gasteiger partial charge in [-0.25, -0.2) is 15.0 Å². The van der Waals surface area contributed by atoms with Crippen LogP contribution >= 0.6 is 0 Å². The van der Waals surface area contributed by atoms with E-state index in [1.807, 2.05) is 91.0 Å². The Kier molecular flexibility index (Phi) is 7.70. The fraction of sp³-hybridized carbons (Fsp3) is 0.0189. The minimum Gasteiger partial charge on any atom is -0.457 e. The first-order valence-electron chi connectivity index (χ1n) is 19.3. The molecule has 1 aliphatic carbocycles. The van der Waals surface area contributed by atoms with Gasteiger partial charge < -0.3 is 4.74 Å². The fourth-order valence-electron chi connectivity index (χ4n) is 8.99. The van der Waals surface area contributed by atoms with Gasteiger partial charge in [-0.1, -0.05) is 164 Å². The molecular formula is C53H32N4O. The van der Waals surface area contributed by atoms with Gasteiger partial charge in [-0.3, -0.25) is 0 Å². The summed E-state index contributed by atoms with van der Waals surface area (Å²) in [5, 5.41) is 9.98. The number of hydrogen-bond acceptors (Lipinski definition) is 5. The molecule has 0 saturated heterocycles. The second-order valence-electron chi connectivity index (χ2n) is 14.6. The normalized spacial score (nSPS) is 12.7. The summed E-state index contributed by atoms with van der Waals surface area (Å²) < 4.78 is 6.65. The van der Waals surface area contributed by atoms with Crippen LogP contribution in [0.25, 0.3) is 67.5 Å². The lowest BCUT2D eigenvalue weighted by Gasteiger charge is -2.39. The van der Waals surface area contributed by atoms with Crippen molar-refractivity contribution in [2.24, 2.45) is 0 Å². The number of fused-ring (bicyclic) bond motifs is 9. The van der Waals surface area contributed by atoms with Crippen LogP contribution in [-0.4, -0.2) is 15.0 Å². The van der Waals surface area contributed by atoms with Gasteiger partial charge in [0.05, 0.1) is 17.0 Å². The zero-order valence-electron chi connectivity index (χ0n) is 31.2. The highest BCUT2D eigenvalue weighted by Crippen LogP contribution is 2.64. The third-order valence-corrected chi connectivity index (χ3v) is 11.4. The molecule has 8 aromatic carbocycles. The lowest BCUT2D eigenvalue weighted by molar-refractivity contribution is 0.436. The van der Waals surface area contributed by atoms with Crippen LogP contribution in [0.5, 0.6) is 11.5 Å². The summed E-state index contributed by atoms with van der Waals surface area (Å²) in [7, 11) is 0. The molecule has 1 aliphatic heterocycles. The quantitative estimate of drug-likeness (QED) is 0.176. The summed E-state index contributed by atoms with van der Waals surface area (Å²) in [4.78, 5) is 15.1. The molecule has 0 fully saturated rings. The maximum Gasteiger partial charge on any atom is 0.164 e. The number of rotatable bonds is 5. The van der Waals surface area contributed by atoms with Crippen LogP contribution in [0, 0.1) is 11.3 Å². The van der Waals surface area contributed by atoms with Gasteiger partial charge in [-0.2, -0.15) is 5.26 Å². The highest BCUT2D eigenvalue weighted by molar-refractivity contribution is 6.02. The molecule has 0 N–H and O–H groups in total. The summed E-state index contributed by atoms with van der Waals surface area (Å²) in [5.74, 6) is 3.50. The molecule has 1 aromatic heterocycles. The highest BCUT2D eigenvalue weighted by Gasteiger charge is 2.52. The average molecular weight is 741 g/mol. The first-order chi connectivity index (χ1) is 28.7. The molecule has 5 nitrogen and oxygen atoms in total. The number of benzene rings is 8. The maximum absolute atomic E-state index is 9.98. The van der Waals surface area contributed by atoms with E-state index in [1.165, 1.54) is 11.1 Å². The molecule has 270 valence electrons. The summed E-state index contributed by atoms with van der Waals surface area (Å²) in [5.41, 5.74) is 13.7. The fourth-order valence-corrected chi connectivity index (χ4v) is 8.99. The molecule has 0 amide bonds. The van der Waals surface area contributed by atoms with Crippen molar-refractivity contribution < 1.29 is 4.74 Å². The smallest absolute Gasteiger partial charge is 0.164 e. The summed E-state index contributed by atoms with van der Waals surface area (Å²) in [6, 6.07) is 69.0. The predicted octanol–water partition coefficient (Wildman–Crippen LogP) is 12.5.